The molecule has 0 saturated carbocycles. The van der Waals surface area contributed by atoms with Crippen LogP contribution in [0.15, 0.2) is 18.2 Å². The maximum absolute atomic E-state index is 9.26. The van der Waals surface area contributed by atoms with Crippen molar-refractivity contribution in [1.29, 1.82) is 0 Å². The predicted octanol–water partition coefficient (Wildman–Crippen LogP) is 1.44. The van der Waals surface area contributed by atoms with Crippen LogP contribution in [0.25, 0.3) is 0 Å². The van der Waals surface area contributed by atoms with Gasteiger partial charge in [0, 0.05) is 12.6 Å². The molecule has 0 spiro atoms. The Kier molecular flexibility index (Phi) is 5.38. The predicted molar refractivity (Wildman–Crippen MR) is 63.2 cm³/mol. The number of aliphatic hydroxyl groups excluding tert-OH is 1. The Morgan fingerprint density at radius 1 is 1.44 bits per heavy atom. The molecule has 0 fully saturated rings. The molecule has 0 aliphatic rings. The minimum Gasteiger partial charge on any atom is -0.494 e. The van der Waals surface area contributed by atoms with E-state index in [4.69, 9.17) is 26.8 Å². The normalized spacial score (nSPS) is 12.2. The fraction of sp³-hybridized carbons (Fsp3) is 0.455. The van der Waals surface area contributed by atoms with Crippen molar-refractivity contribution in [3.63, 3.8) is 0 Å². The molecule has 4 nitrogen and oxygen atoms in total. The third-order valence-electron chi connectivity index (χ3n) is 1.92. The number of nitrogens with two attached hydrogens (primary N) is 1. The largest absolute Gasteiger partial charge is 0.494 e. The quantitative estimate of drug-likeness (QED) is 0.796. The molecule has 0 bridgehead atoms. The average molecular weight is 246 g/mol. The minimum atomic E-state index is -0.688. The number of aliphatic hydroxyl groups is 1. The zero-order valence-electron chi connectivity index (χ0n) is 9.15. The Morgan fingerprint density at radius 3 is 2.81 bits per heavy atom. The third kappa shape index (κ3) is 3.89. The van der Waals surface area contributed by atoms with Crippen molar-refractivity contribution < 1.29 is 14.6 Å². The Balaban J connectivity index is 2.66. The van der Waals surface area contributed by atoms with Gasteiger partial charge in [0.25, 0.3) is 0 Å². The highest BCUT2D eigenvalue weighted by Crippen LogP contribution is 2.29. The molecule has 1 aromatic rings. The smallest absolute Gasteiger partial charge is 0.141 e. The summed E-state index contributed by atoms with van der Waals surface area (Å²) >= 11 is 5.93. The molecule has 0 aliphatic carbocycles. The lowest BCUT2D eigenvalue weighted by Crippen LogP contribution is -2.26. The standard InChI is InChI=1S/C11H16ClNO3/c1-2-15-9-3-4-10(12)11(5-9)16-7-8(14)6-13/h3-5,8,14H,2,6-7,13H2,1H3. The highest BCUT2D eigenvalue weighted by atomic mass is 35.5. The van der Waals surface area contributed by atoms with E-state index >= 15 is 0 Å². The zero-order valence-corrected chi connectivity index (χ0v) is 9.91. The van der Waals surface area contributed by atoms with Gasteiger partial charge in [-0.15, -0.1) is 0 Å². The van der Waals surface area contributed by atoms with Crippen LogP contribution in [-0.2, 0) is 0 Å². The van der Waals surface area contributed by atoms with Gasteiger partial charge < -0.3 is 20.3 Å². The van der Waals surface area contributed by atoms with E-state index in [0.29, 0.717) is 23.1 Å². The lowest BCUT2D eigenvalue weighted by Gasteiger charge is -2.12. The van der Waals surface area contributed by atoms with Gasteiger partial charge in [-0.05, 0) is 19.1 Å². The Morgan fingerprint density at radius 2 is 2.19 bits per heavy atom. The highest BCUT2D eigenvalue weighted by Gasteiger charge is 2.07. The third-order valence-corrected chi connectivity index (χ3v) is 2.23. The molecule has 0 amide bonds. The minimum absolute atomic E-state index is 0.117. The van der Waals surface area contributed by atoms with Gasteiger partial charge in [-0.1, -0.05) is 11.6 Å². The number of halogens is 1. The molecular formula is C11H16ClNO3. The fourth-order valence-corrected chi connectivity index (χ4v) is 1.28. The molecule has 3 N–H and O–H groups in total. The summed E-state index contributed by atoms with van der Waals surface area (Å²) in [5, 5.41) is 9.74. The van der Waals surface area contributed by atoms with E-state index in [-0.39, 0.29) is 13.2 Å². The van der Waals surface area contributed by atoms with Crippen LogP contribution >= 0.6 is 11.6 Å². The van der Waals surface area contributed by atoms with Crippen molar-refractivity contribution in [1.82, 2.24) is 0 Å². The molecule has 1 atom stereocenters. The van der Waals surface area contributed by atoms with Gasteiger partial charge in [0.05, 0.1) is 11.6 Å². The first-order valence-corrected chi connectivity index (χ1v) is 5.48. The van der Waals surface area contributed by atoms with Gasteiger partial charge in [-0.2, -0.15) is 0 Å². The Bertz CT molecular complexity index is 333. The number of benzene rings is 1. The first kappa shape index (κ1) is 13.1. The van der Waals surface area contributed by atoms with Crippen LogP contribution in [0, 0.1) is 0 Å². The van der Waals surface area contributed by atoms with Gasteiger partial charge in [0.15, 0.2) is 0 Å². The van der Waals surface area contributed by atoms with E-state index in [0.717, 1.165) is 0 Å². The lowest BCUT2D eigenvalue weighted by atomic mass is 10.3. The van der Waals surface area contributed by atoms with Crippen LogP contribution in [0.4, 0.5) is 0 Å². The number of hydrogen-bond donors (Lipinski definition) is 2. The van der Waals surface area contributed by atoms with Crippen LogP contribution in [0.2, 0.25) is 5.02 Å². The second kappa shape index (κ2) is 6.58. The van der Waals surface area contributed by atoms with Crippen LogP contribution in [0.5, 0.6) is 11.5 Å². The second-order valence-electron chi connectivity index (χ2n) is 3.23. The monoisotopic (exact) mass is 245 g/mol. The van der Waals surface area contributed by atoms with Crippen LogP contribution in [0.1, 0.15) is 6.92 Å². The summed E-state index contributed by atoms with van der Waals surface area (Å²) in [5.41, 5.74) is 5.26. The molecule has 0 radical (unpaired) electrons. The summed E-state index contributed by atoms with van der Waals surface area (Å²) in [6, 6.07) is 5.14. The Hall–Kier alpha value is -0.970. The molecule has 0 aliphatic heterocycles. The number of hydrogen-bond acceptors (Lipinski definition) is 4. The topological polar surface area (TPSA) is 64.7 Å². The Labute approximate surface area is 99.9 Å². The van der Waals surface area contributed by atoms with Crippen molar-refractivity contribution in [2.24, 2.45) is 5.73 Å². The molecule has 1 unspecified atom stereocenters. The summed E-state index contributed by atoms with van der Waals surface area (Å²) in [4.78, 5) is 0. The molecule has 90 valence electrons. The average Bonchev–Trinajstić information content (AvgIpc) is 2.29. The molecule has 1 aromatic carbocycles. The van der Waals surface area contributed by atoms with Gasteiger partial charge in [-0.25, -0.2) is 0 Å². The summed E-state index contributed by atoms with van der Waals surface area (Å²) in [7, 11) is 0. The molecular weight excluding hydrogens is 230 g/mol. The number of rotatable bonds is 6. The van der Waals surface area contributed by atoms with Crippen molar-refractivity contribution in [3.05, 3.63) is 23.2 Å². The van der Waals surface area contributed by atoms with Gasteiger partial charge in [0.1, 0.15) is 24.2 Å². The second-order valence-corrected chi connectivity index (χ2v) is 3.63. The maximum Gasteiger partial charge on any atom is 0.141 e. The molecule has 0 saturated heterocycles. The van der Waals surface area contributed by atoms with E-state index in [1.54, 1.807) is 18.2 Å². The van der Waals surface area contributed by atoms with E-state index in [9.17, 15) is 5.11 Å². The molecule has 5 heteroatoms. The van der Waals surface area contributed by atoms with Crippen LogP contribution in [-0.4, -0.2) is 31.0 Å². The van der Waals surface area contributed by atoms with E-state index in [1.165, 1.54) is 0 Å². The van der Waals surface area contributed by atoms with Gasteiger partial charge in [0.2, 0.25) is 0 Å². The van der Waals surface area contributed by atoms with Gasteiger partial charge in [-0.3, -0.25) is 0 Å². The van der Waals surface area contributed by atoms with Gasteiger partial charge >= 0.3 is 0 Å². The number of ether oxygens (including phenoxy) is 2. The van der Waals surface area contributed by atoms with Crippen molar-refractivity contribution >= 4 is 11.6 Å². The van der Waals surface area contributed by atoms with E-state index < -0.39 is 6.10 Å². The zero-order chi connectivity index (χ0) is 12.0. The molecule has 0 heterocycles. The summed E-state index contributed by atoms with van der Waals surface area (Å²) in [5.74, 6) is 1.17. The van der Waals surface area contributed by atoms with E-state index in [2.05, 4.69) is 0 Å². The maximum atomic E-state index is 9.26. The van der Waals surface area contributed by atoms with Crippen LogP contribution in [0.3, 0.4) is 0 Å². The molecule has 1 rings (SSSR count). The summed E-state index contributed by atoms with van der Waals surface area (Å²) in [6.07, 6.45) is -0.688. The fourth-order valence-electron chi connectivity index (χ4n) is 1.10. The van der Waals surface area contributed by atoms with Crippen molar-refractivity contribution in [2.45, 2.75) is 13.0 Å². The molecule has 16 heavy (non-hydrogen) atoms. The summed E-state index contributed by atoms with van der Waals surface area (Å²) in [6.45, 7) is 2.74. The first-order valence-electron chi connectivity index (χ1n) is 5.10. The highest BCUT2D eigenvalue weighted by molar-refractivity contribution is 6.32. The molecule has 0 aromatic heterocycles. The van der Waals surface area contributed by atoms with Crippen molar-refractivity contribution in [3.8, 4) is 11.5 Å². The summed E-state index contributed by atoms with van der Waals surface area (Å²) < 4.78 is 10.6. The van der Waals surface area contributed by atoms with Crippen LogP contribution < -0.4 is 15.2 Å². The van der Waals surface area contributed by atoms with E-state index in [1.807, 2.05) is 6.92 Å². The SMILES string of the molecule is CCOc1ccc(Cl)c(OCC(O)CN)c1. The lowest BCUT2D eigenvalue weighted by molar-refractivity contribution is 0.114. The van der Waals surface area contributed by atoms with Crippen molar-refractivity contribution in [2.75, 3.05) is 19.8 Å². The first-order chi connectivity index (χ1) is 7.67.